The highest BCUT2D eigenvalue weighted by molar-refractivity contribution is 9.10. The Morgan fingerprint density at radius 2 is 2.31 bits per heavy atom. The van der Waals surface area contributed by atoms with Gasteiger partial charge >= 0.3 is 0 Å². The number of aryl methyl sites for hydroxylation is 1. The molecule has 0 aromatic carbocycles. The second-order valence-electron chi connectivity index (χ2n) is 3.26. The first-order chi connectivity index (χ1) is 7.61. The van der Waals surface area contributed by atoms with Gasteiger partial charge in [-0.1, -0.05) is 16.8 Å². The summed E-state index contributed by atoms with van der Waals surface area (Å²) in [4.78, 5) is 3.92. The smallest absolute Gasteiger partial charge is 0.153 e. The highest BCUT2D eigenvalue weighted by atomic mass is 79.9. The van der Waals surface area contributed by atoms with Gasteiger partial charge in [0.2, 0.25) is 0 Å². The van der Waals surface area contributed by atoms with Crippen molar-refractivity contribution in [2.24, 2.45) is 12.8 Å². The average molecular weight is 303 g/mol. The van der Waals surface area contributed by atoms with Gasteiger partial charge in [-0.2, -0.15) is 0 Å². The van der Waals surface area contributed by atoms with Crippen LogP contribution in [-0.4, -0.2) is 20.0 Å². The van der Waals surface area contributed by atoms with Crippen molar-refractivity contribution in [3.8, 4) is 0 Å². The molecule has 2 aromatic heterocycles. The van der Waals surface area contributed by atoms with Crippen molar-refractivity contribution in [2.75, 3.05) is 0 Å². The lowest BCUT2D eigenvalue weighted by molar-refractivity contribution is 0.650. The minimum atomic E-state index is -0.384. The molecule has 2 rings (SSSR count). The zero-order valence-electron chi connectivity index (χ0n) is 8.43. The molecule has 5 nitrogen and oxygen atoms in total. The number of rotatable bonds is 2. The lowest BCUT2D eigenvalue weighted by atomic mass is 10.1. The largest absolute Gasteiger partial charge is 0.319 e. The van der Waals surface area contributed by atoms with Crippen LogP contribution < -0.4 is 5.73 Å². The SMILES string of the molecule is Cn1nnc(Br)c1C(N)c1ccncc1Cl. The summed E-state index contributed by atoms with van der Waals surface area (Å²) in [6.45, 7) is 0. The van der Waals surface area contributed by atoms with E-state index in [1.807, 2.05) is 0 Å². The van der Waals surface area contributed by atoms with E-state index in [-0.39, 0.29) is 6.04 Å². The van der Waals surface area contributed by atoms with E-state index >= 15 is 0 Å². The molecule has 0 spiro atoms. The summed E-state index contributed by atoms with van der Waals surface area (Å²) in [7, 11) is 1.78. The first-order valence-corrected chi connectivity index (χ1v) is 5.68. The third-order valence-electron chi connectivity index (χ3n) is 2.26. The molecule has 0 aliphatic heterocycles. The van der Waals surface area contributed by atoms with Gasteiger partial charge in [0.25, 0.3) is 0 Å². The highest BCUT2D eigenvalue weighted by Gasteiger charge is 2.20. The fraction of sp³-hybridized carbons (Fsp3) is 0.222. The summed E-state index contributed by atoms with van der Waals surface area (Å²) >= 11 is 9.34. The summed E-state index contributed by atoms with van der Waals surface area (Å²) in [5.74, 6) is 0. The van der Waals surface area contributed by atoms with Gasteiger partial charge in [0.1, 0.15) is 0 Å². The lowest BCUT2D eigenvalue weighted by Gasteiger charge is -2.13. The second kappa shape index (κ2) is 4.48. The second-order valence-corrected chi connectivity index (χ2v) is 4.42. The first-order valence-electron chi connectivity index (χ1n) is 4.51. The fourth-order valence-electron chi connectivity index (χ4n) is 1.45. The van der Waals surface area contributed by atoms with Crippen molar-refractivity contribution in [2.45, 2.75) is 6.04 Å². The number of halogens is 2. The molecular formula is C9H9BrClN5. The average Bonchev–Trinajstić information content (AvgIpc) is 2.58. The van der Waals surface area contributed by atoms with Crippen molar-refractivity contribution in [3.05, 3.63) is 39.3 Å². The normalized spacial score (nSPS) is 12.8. The Morgan fingerprint density at radius 3 is 2.88 bits per heavy atom. The Hall–Kier alpha value is -0.980. The van der Waals surface area contributed by atoms with E-state index in [2.05, 4.69) is 31.2 Å². The van der Waals surface area contributed by atoms with Gasteiger partial charge in [-0.25, -0.2) is 4.68 Å². The van der Waals surface area contributed by atoms with Crippen molar-refractivity contribution in [1.82, 2.24) is 20.0 Å². The van der Waals surface area contributed by atoms with Crippen LogP contribution in [0.1, 0.15) is 17.3 Å². The van der Waals surface area contributed by atoms with Crippen LogP contribution in [0.25, 0.3) is 0 Å². The topological polar surface area (TPSA) is 69.6 Å². The molecule has 0 fully saturated rings. The third kappa shape index (κ3) is 1.95. The number of hydrogen-bond acceptors (Lipinski definition) is 4. The maximum absolute atomic E-state index is 6.12. The molecule has 84 valence electrons. The molecule has 0 radical (unpaired) electrons. The molecule has 16 heavy (non-hydrogen) atoms. The fourth-order valence-corrected chi connectivity index (χ4v) is 2.27. The molecule has 2 N–H and O–H groups in total. The standard InChI is InChI=1S/C9H9BrClN5/c1-16-8(9(10)14-15-16)7(12)5-2-3-13-4-6(5)11/h2-4,7H,12H2,1H3. The molecule has 0 saturated heterocycles. The van der Waals surface area contributed by atoms with Gasteiger partial charge in [0, 0.05) is 19.4 Å². The molecule has 0 saturated carbocycles. The van der Waals surface area contributed by atoms with Crippen molar-refractivity contribution in [3.63, 3.8) is 0 Å². The van der Waals surface area contributed by atoms with Crippen LogP contribution in [0.4, 0.5) is 0 Å². The molecule has 1 unspecified atom stereocenters. The van der Waals surface area contributed by atoms with Crippen LogP contribution in [0, 0.1) is 0 Å². The van der Waals surface area contributed by atoms with E-state index in [0.717, 1.165) is 11.3 Å². The van der Waals surface area contributed by atoms with Gasteiger partial charge in [-0.05, 0) is 27.6 Å². The molecule has 0 aliphatic rings. The summed E-state index contributed by atoms with van der Waals surface area (Å²) in [5, 5.41) is 8.29. The summed E-state index contributed by atoms with van der Waals surface area (Å²) < 4.78 is 2.24. The van der Waals surface area contributed by atoms with Crippen LogP contribution in [0.3, 0.4) is 0 Å². The Morgan fingerprint density at radius 1 is 1.56 bits per heavy atom. The van der Waals surface area contributed by atoms with Crippen LogP contribution in [0.15, 0.2) is 23.1 Å². The summed E-state index contributed by atoms with van der Waals surface area (Å²) in [5.41, 5.74) is 7.69. The molecule has 2 aromatic rings. The van der Waals surface area contributed by atoms with Crippen molar-refractivity contribution < 1.29 is 0 Å². The maximum Gasteiger partial charge on any atom is 0.153 e. The zero-order valence-corrected chi connectivity index (χ0v) is 10.8. The Bertz CT molecular complexity index is 493. The highest BCUT2D eigenvalue weighted by Crippen LogP contribution is 2.28. The Kier molecular flexibility index (Phi) is 3.22. The molecule has 0 aliphatic carbocycles. The minimum absolute atomic E-state index is 0.384. The van der Waals surface area contributed by atoms with Crippen LogP contribution in [0.5, 0.6) is 0 Å². The Balaban J connectivity index is 2.47. The van der Waals surface area contributed by atoms with Crippen LogP contribution in [0.2, 0.25) is 5.02 Å². The molecule has 0 bridgehead atoms. The van der Waals surface area contributed by atoms with Gasteiger partial charge in [0.15, 0.2) is 4.60 Å². The predicted octanol–water partition coefficient (Wildman–Crippen LogP) is 1.67. The van der Waals surface area contributed by atoms with Crippen LogP contribution >= 0.6 is 27.5 Å². The molecule has 0 amide bonds. The third-order valence-corrected chi connectivity index (χ3v) is 3.14. The van der Waals surface area contributed by atoms with Gasteiger partial charge < -0.3 is 5.73 Å². The molecule has 7 heteroatoms. The number of aromatic nitrogens is 4. The number of pyridine rings is 1. The monoisotopic (exact) mass is 301 g/mol. The predicted molar refractivity (Wildman–Crippen MR) is 64.0 cm³/mol. The van der Waals surface area contributed by atoms with Crippen molar-refractivity contribution in [1.29, 1.82) is 0 Å². The van der Waals surface area contributed by atoms with Gasteiger partial charge in [-0.15, -0.1) is 5.10 Å². The zero-order chi connectivity index (χ0) is 11.7. The van der Waals surface area contributed by atoms with Crippen LogP contribution in [-0.2, 0) is 7.05 Å². The Labute approximate surface area is 106 Å². The van der Waals surface area contributed by atoms with E-state index in [0.29, 0.717) is 9.63 Å². The molecular weight excluding hydrogens is 293 g/mol. The number of hydrogen-bond donors (Lipinski definition) is 1. The van der Waals surface area contributed by atoms with Gasteiger partial charge in [-0.3, -0.25) is 4.98 Å². The number of nitrogens with two attached hydrogens (primary N) is 1. The number of nitrogens with zero attached hydrogens (tertiary/aromatic N) is 4. The summed E-state index contributed by atoms with van der Waals surface area (Å²) in [6.07, 6.45) is 3.22. The van der Waals surface area contributed by atoms with Crippen molar-refractivity contribution >= 4 is 27.5 Å². The van der Waals surface area contributed by atoms with E-state index < -0.39 is 0 Å². The van der Waals surface area contributed by atoms with Gasteiger partial charge in [0.05, 0.1) is 16.8 Å². The van der Waals surface area contributed by atoms with E-state index in [1.54, 1.807) is 30.2 Å². The van der Waals surface area contributed by atoms with E-state index in [9.17, 15) is 0 Å². The molecule has 1 atom stereocenters. The quantitative estimate of drug-likeness (QED) is 0.916. The summed E-state index contributed by atoms with van der Waals surface area (Å²) in [6, 6.07) is 1.40. The minimum Gasteiger partial charge on any atom is -0.319 e. The maximum atomic E-state index is 6.12. The first kappa shape index (κ1) is 11.5. The molecule has 2 heterocycles. The van der Waals surface area contributed by atoms with E-state index in [1.165, 1.54) is 0 Å². The lowest BCUT2D eigenvalue weighted by Crippen LogP contribution is -2.17. The van der Waals surface area contributed by atoms with E-state index in [4.69, 9.17) is 17.3 Å².